The highest BCUT2D eigenvalue weighted by molar-refractivity contribution is 5.82. The Bertz CT molecular complexity index is 777. The Labute approximate surface area is 170 Å². The molecule has 0 aliphatic carbocycles. The summed E-state index contributed by atoms with van der Waals surface area (Å²) in [5, 5.41) is 17.0. The van der Waals surface area contributed by atoms with Gasteiger partial charge in [-0.05, 0) is 36.1 Å². The summed E-state index contributed by atoms with van der Waals surface area (Å²) < 4.78 is 37.6. The molecule has 0 aliphatic heterocycles. The van der Waals surface area contributed by atoms with Gasteiger partial charge in [0.2, 0.25) is 11.8 Å². The molecule has 0 aliphatic rings. The van der Waals surface area contributed by atoms with Crippen molar-refractivity contribution >= 4 is 17.8 Å². The molecule has 0 bridgehead atoms. The van der Waals surface area contributed by atoms with Crippen molar-refractivity contribution in [2.24, 2.45) is 5.11 Å². The predicted octanol–water partition coefficient (Wildman–Crippen LogP) is 3.15. The lowest BCUT2D eigenvalue weighted by Gasteiger charge is -2.13. The van der Waals surface area contributed by atoms with Gasteiger partial charge in [-0.3, -0.25) is 14.4 Å². The third-order valence-corrected chi connectivity index (χ3v) is 4.03. The molecule has 1 aromatic rings. The first-order valence-corrected chi connectivity index (χ1v) is 9.10. The first-order chi connectivity index (χ1) is 14.1. The molecule has 9 nitrogen and oxygen atoms in total. The van der Waals surface area contributed by atoms with Gasteiger partial charge in [0.15, 0.2) is 0 Å². The van der Waals surface area contributed by atoms with E-state index in [0.29, 0.717) is 18.4 Å². The van der Waals surface area contributed by atoms with Gasteiger partial charge in [0.05, 0.1) is 12.0 Å². The molecule has 3 N–H and O–H groups in total. The van der Waals surface area contributed by atoms with Gasteiger partial charge >= 0.3 is 12.1 Å². The van der Waals surface area contributed by atoms with Gasteiger partial charge in [0, 0.05) is 24.4 Å². The normalized spacial score (nSPS) is 11.8. The highest BCUT2D eigenvalue weighted by Crippen LogP contribution is 2.29. The summed E-state index contributed by atoms with van der Waals surface area (Å²) in [6.45, 7) is 0.267. The smallest absolute Gasteiger partial charge is 0.416 e. The van der Waals surface area contributed by atoms with Crippen LogP contribution in [0, 0.1) is 0 Å². The summed E-state index contributed by atoms with van der Waals surface area (Å²) in [5.41, 5.74) is 8.29. The minimum atomic E-state index is -4.44. The highest BCUT2D eigenvalue weighted by Gasteiger charge is 2.29. The molecule has 0 aromatic heterocycles. The number of carboxylic acids is 1. The van der Waals surface area contributed by atoms with Gasteiger partial charge < -0.3 is 15.7 Å². The number of halogens is 3. The van der Waals surface area contributed by atoms with Crippen LogP contribution in [0.2, 0.25) is 0 Å². The van der Waals surface area contributed by atoms with E-state index in [4.69, 9.17) is 10.6 Å². The fourth-order valence-corrected chi connectivity index (χ4v) is 2.42. The summed E-state index contributed by atoms with van der Waals surface area (Å²) in [6, 6.07) is 3.33. The number of rotatable bonds is 12. The van der Waals surface area contributed by atoms with Crippen molar-refractivity contribution in [2.75, 3.05) is 6.54 Å². The van der Waals surface area contributed by atoms with Crippen LogP contribution >= 0.6 is 0 Å². The zero-order valence-electron chi connectivity index (χ0n) is 16.0. The van der Waals surface area contributed by atoms with Crippen molar-refractivity contribution in [2.45, 2.75) is 50.9 Å². The van der Waals surface area contributed by atoms with Crippen LogP contribution in [0.25, 0.3) is 10.4 Å². The molecule has 0 saturated heterocycles. The second-order valence-electron chi connectivity index (χ2n) is 6.37. The van der Waals surface area contributed by atoms with E-state index < -0.39 is 35.6 Å². The Morgan fingerprint density at radius 1 is 1.10 bits per heavy atom. The Kier molecular flexibility index (Phi) is 10.2. The average Bonchev–Trinajstić information content (AvgIpc) is 2.69. The lowest BCUT2D eigenvalue weighted by molar-refractivity contribution is -0.139. The molecular weight excluding hydrogens is 407 g/mol. The molecule has 0 spiro atoms. The molecule has 0 unspecified atom stereocenters. The first kappa shape index (κ1) is 24.8. The lowest BCUT2D eigenvalue weighted by Crippen LogP contribution is -2.33. The fourth-order valence-electron chi connectivity index (χ4n) is 2.42. The van der Waals surface area contributed by atoms with Crippen LogP contribution in [-0.4, -0.2) is 35.5 Å². The number of carbonyl (C=O) groups excluding carboxylic acids is 2. The number of carbonyl (C=O) groups is 3. The fraction of sp³-hybridized carbons (Fsp3) is 0.500. The molecule has 164 valence electrons. The largest absolute Gasteiger partial charge is 0.481 e. The van der Waals surface area contributed by atoms with E-state index in [2.05, 4.69) is 20.7 Å². The van der Waals surface area contributed by atoms with Crippen LogP contribution in [0.5, 0.6) is 0 Å². The number of carboxylic acid groups (broad SMARTS) is 1. The second-order valence-corrected chi connectivity index (χ2v) is 6.37. The third kappa shape index (κ3) is 9.78. The quantitative estimate of drug-likeness (QED) is 0.203. The third-order valence-electron chi connectivity index (χ3n) is 4.03. The SMILES string of the molecule is [N-]=[N+]=N[C@@H](CCCCNC(=O)CCC(=O)O)C(=O)NCc1ccc(C(F)(F)F)cc1. The summed E-state index contributed by atoms with van der Waals surface area (Å²) in [4.78, 5) is 36.6. The number of benzene rings is 1. The summed E-state index contributed by atoms with van der Waals surface area (Å²) >= 11 is 0. The molecule has 2 amide bonds. The van der Waals surface area contributed by atoms with E-state index in [0.717, 1.165) is 12.1 Å². The summed E-state index contributed by atoms with van der Waals surface area (Å²) in [7, 11) is 0. The van der Waals surface area contributed by atoms with Crippen molar-refractivity contribution in [1.29, 1.82) is 0 Å². The van der Waals surface area contributed by atoms with Crippen molar-refractivity contribution in [3.8, 4) is 0 Å². The van der Waals surface area contributed by atoms with Crippen LogP contribution < -0.4 is 10.6 Å². The van der Waals surface area contributed by atoms with Gasteiger partial charge in [-0.2, -0.15) is 13.2 Å². The van der Waals surface area contributed by atoms with Gasteiger partial charge in [-0.25, -0.2) is 0 Å². The van der Waals surface area contributed by atoms with Crippen molar-refractivity contribution in [3.63, 3.8) is 0 Å². The first-order valence-electron chi connectivity index (χ1n) is 9.10. The van der Waals surface area contributed by atoms with Crippen LogP contribution in [0.1, 0.15) is 43.2 Å². The topological polar surface area (TPSA) is 144 Å². The number of alkyl halides is 3. The zero-order valence-corrected chi connectivity index (χ0v) is 16.0. The number of nitrogens with one attached hydrogen (secondary N) is 2. The van der Waals surface area contributed by atoms with Crippen molar-refractivity contribution in [1.82, 2.24) is 10.6 Å². The monoisotopic (exact) mass is 429 g/mol. The van der Waals surface area contributed by atoms with Gasteiger partial charge in [0.25, 0.3) is 0 Å². The number of amides is 2. The van der Waals surface area contributed by atoms with E-state index in [1.165, 1.54) is 12.1 Å². The molecule has 0 heterocycles. The molecule has 1 atom stereocenters. The number of unbranched alkanes of at least 4 members (excludes halogenated alkanes) is 1. The summed E-state index contributed by atoms with van der Waals surface area (Å²) in [5.74, 6) is -2.01. The number of azide groups is 1. The molecule has 0 radical (unpaired) electrons. The standard InChI is InChI=1S/C18H22F3N5O4/c19-18(20,21)13-6-4-12(5-7-13)11-24-17(30)14(25-26-22)3-1-2-10-23-15(27)8-9-16(28)29/h4-7,14H,1-3,8-11H2,(H,23,27)(H,24,30)(H,28,29)/t14-/m0/s1. The van der Waals surface area contributed by atoms with Crippen LogP contribution in [0.15, 0.2) is 29.4 Å². The number of aliphatic carboxylic acids is 1. The van der Waals surface area contributed by atoms with E-state index >= 15 is 0 Å². The van der Waals surface area contributed by atoms with Crippen LogP contribution in [0.3, 0.4) is 0 Å². The van der Waals surface area contributed by atoms with E-state index in [1.807, 2.05) is 0 Å². The van der Waals surface area contributed by atoms with Crippen LogP contribution in [-0.2, 0) is 27.1 Å². The van der Waals surface area contributed by atoms with Crippen molar-refractivity contribution in [3.05, 3.63) is 45.8 Å². The maximum Gasteiger partial charge on any atom is 0.416 e. The average molecular weight is 429 g/mol. The van der Waals surface area contributed by atoms with E-state index in [1.54, 1.807) is 0 Å². The van der Waals surface area contributed by atoms with Crippen LogP contribution in [0.4, 0.5) is 13.2 Å². The predicted molar refractivity (Wildman–Crippen MR) is 100.0 cm³/mol. The number of hydrogen-bond donors (Lipinski definition) is 3. The van der Waals surface area contributed by atoms with Gasteiger partial charge in [0.1, 0.15) is 6.04 Å². The van der Waals surface area contributed by atoms with E-state index in [9.17, 15) is 27.6 Å². The highest BCUT2D eigenvalue weighted by atomic mass is 19.4. The number of nitrogens with zero attached hydrogens (tertiary/aromatic N) is 3. The molecule has 0 fully saturated rings. The second kappa shape index (κ2) is 12.3. The van der Waals surface area contributed by atoms with Gasteiger partial charge in [-0.15, -0.1) is 0 Å². The Morgan fingerprint density at radius 2 is 1.77 bits per heavy atom. The minimum Gasteiger partial charge on any atom is -0.481 e. The molecular formula is C18H22F3N5O4. The lowest BCUT2D eigenvalue weighted by atomic mass is 10.1. The Balaban J connectivity index is 2.39. The molecule has 1 rings (SSSR count). The molecule has 0 saturated carbocycles. The van der Waals surface area contributed by atoms with Gasteiger partial charge in [-0.1, -0.05) is 23.7 Å². The minimum absolute atomic E-state index is 0.0198. The Morgan fingerprint density at radius 3 is 2.33 bits per heavy atom. The summed E-state index contributed by atoms with van der Waals surface area (Å²) in [6.07, 6.45) is -3.66. The Hall–Kier alpha value is -3.27. The zero-order chi connectivity index (χ0) is 22.6. The maximum atomic E-state index is 12.5. The molecule has 12 heteroatoms. The molecule has 1 aromatic carbocycles. The number of hydrogen-bond acceptors (Lipinski definition) is 4. The van der Waals surface area contributed by atoms with Crippen molar-refractivity contribution < 1.29 is 32.7 Å². The maximum absolute atomic E-state index is 12.5. The van der Waals surface area contributed by atoms with E-state index in [-0.39, 0.29) is 32.4 Å². The molecule has 30 heavy (non-hydrogen) atoms.